The maximum Gasteiger partial charge on any atom is 0.407 e. The van der Waals surface area contributed by atoms with Gasteiger partial charge in [-0.05, 0) is 68.4 Å². The number of carbonyl (C=O) groups excluding carboxylic acids is 4. The van der Waals surface area contributed by atoms with E-state index in [0.717, 1.165) is 16.9 Å². The number of alkyl carbamates (subject to hydrolysis) is 2. The van der Waals surface area contributed by atoms with E-state index in [2.05, 4.69) is 20.7 Å². The van der Waals surface area contributed by atoms with Gasteiger partial charge in [-0.25, -0.2) is 18.8 Å². The van der Waals surface area contributed by atoms with E-state index in [1.807, 2.05) is 24.3 Å². The molecule has 2 aromatic rings. The number of halogens is 1. The van der Waals surface area contributed by atoms with Crippen molar-refractivity contribution < 1.29 is 52.0 Å². The van der Waals surface area contributed by atoms with Gasteiger partial charge in [-0.1, -0.05) is 30.3 Å². The number of amides is 3. The number of methoxy groups -OCH3 is 2. The lowest BCUT2D eigenvalue weighted by Gasteiger charge is -2.47. The van der Waals surface area contributed by atoms with Crippen LogP contribution in [0.5, 0.6) is 5.75 Å². The summed E-state index contributed by atoms with van der Waals surface area (Å²) < 4.78 is 47.5. The van der Waals surface area contributed by atoms with E-state index >= 15 is 0 Å². The van der Waals surface area contributed by atoms with Crippen LogP contribution >= 0.6 is 0 Å². The summed E-state index contributed by atoms with van der Waals surface area (Å²) >= 11 is 0. The molecule has 4 unspecified atom stereocenters. The zero-order valence-electron chi connectivity index (χ0n) is 28.9. The van der Waals surface area contributed by atoms with Crippen molar-refractivity contribution in [2.75, 3.05) is 33.9 Å². The van der Waals surface area contributed by atoms with E-state index in [-0.39, 0.29) is 44.1 Å². The minimum Gasteiger partial charge on any atom is -0.496 e. The number of esters is 1. The topological polar surface area (TPSA) is 160 Å². The number of para-hydroxylation sites is 1. The fraction of sp³-hybridized carbons (Fsp3) is 0.556. The Morgan fingerprint density at radius 3 is 2.44 bits per heavy atom. The molecule has 2 fully saturated rings. The zero-order chi connectivity index (χ0) is 35.9. The smallest absolute Gasteiger partial charge is 0.407 e. The van der Waals surface area contributed by atoms with Crippen LogP contribution in [0, 0.1) is 5.82 Å². The minimum absolute atomic E-state index is 0.000510. The van der Waals surface area contributed by atoms with Gasteiger partial charge in [-0.2, -0.15) is 0 Å². The maximum atomic E-state index is 13.2. The molecule has 4 rings (SSSR count). The summed E-state index contributed by atoms with van der Waals surface area (Å²) in [7, 11) is 2.85. The van der Waals surface area contributed by atoms with E-state index in [1.165, 1.54) is 26.2 Å². The Kier molecular flexibility index (Phi) is 14.7. The third-order valence-electron chi connectivity index (χ3n) is 8.66. The predicted molar refractivity (Wildman–Crippen MR) is 179 cm³/mol. The van der Waals surface area contributed by atoms with Gasteiger partial charge in [0, 0.05) is 38.8 Å². The van der Waals surface area contributed by atoms with Crippen molar-refractivity contribution >= 4 is 24.1 Å². The van der Waals surface area contributed by atoms with Crippen molar-refractivity contribution in [3.63, 3.8) is 0 Å². The molecule has 0 radical (unpaired) electrons. The second-order valence-corrected chi connectivity index (χ2v) is 12.5. The van der Waals surface area contributed by atoms with Crippen molar-refractivity contribution in [1.29, 1.82) is 0 Å². The van der Waals surface area contributed by atoms with Gasteiger partial charge in [-0.15, -0.1) is 0 Å². The summed E-state index contributed by atoms with van der Waals surface area (Å²) in [5, 5.41) is 8.12. The predicted octanol–water partition coefficient (Wildman–Crippen LogP) is 4.34. The third kappa shape index (κ3) is 12.2. The number of hydrogen-bond acceptors (Lipinski definition) is 10. The van der Waals surface area contributed by atoms with Gasteiger partial charge >= 0.3 is 18.2 Å². The van der Waals surface area contributed by atoms with Crippen LogP contribution in [0.1, 0.15) is 63.0 Å². The first-order valence-corrected chi connectivity index (χ1v) is 17.0. The van der Waals surface area contributed by atoms with Gasteiger partial charge in [0.15, 0.2) is 5.79 Å². The summed E-state index contributed by atoms with van der Waals surface area (Å²) in [6.07, 6.45) is 1.10. The summed E-state index contributed by atoms with van der Waals surface area (Å²) in [6, 6.07) is 12.8. The quantitative estimate of drug-likeness (QED) is 0.180. The highest BCUT2D eigenvalue weighted by Crippen LogP contribution is 2.41. The van der Waals surface area contributed by atoms with Crippen LogP contribution in [-0.4, -0.2) is 88.1 Å². The second-order valence-electron chi connectivity index (χ2n) is 12.5. The Morgan fingerprint density at radius 1 is 0.960 bits per heavy atom. The van der Waals surface area contributed by atoms with Crippen molar-refractivity contribution in [3.8, 4) is 5.75 Å². The first-order valence-electron chi connectivity index (χ1n) is 17.0. The van der Waals surface area contributed by atoms with Gasteiger partial charge in [0.05, 0.1) is 26.4 Å². The average Bonchev–Trinajstić information content (AvgIpc) is 3.10. The molecule has 0 aliphatic carbocycles. The normalized spacial score (nSPS) is 22.1. The highest BCUT2D eigenvalue weighted by molar-refractivity contribution is 5.84. The third-order valence-corrected chi connectivity index (χ3v) is 8.66. The molecule has 0 bridgehead atoms. The Labute approximate surface area is 291 Å². The molecule has 274 valence electrons. The summed E-state index contributed by atoms with van der Waals surface area (Å²) in [5.41, 5.74) is 1.83. The van der Waals surface area contributed by atoms with Crippen LogP contribution in [0.4, 0.5) is 14.0 Å². The average molecular weight is 702 g/mol. The molecule has 0 saturated carbocycles. The lowest BCUT2D eigenvalue weighted by molar-refractivity contribution is -0.329. The van der Waals surface area contributed by atoms with Gasteiger partial charge in [0.2, 0.25) is 5.91 Å². The fourth-order valence-corrected chi connectivity index (χ4v) is 6.19. The largest absolute Gasteiger partial charge is 0.496 e. The first-order chi connectivity index (χ1) is 24.1. The summed E-state index contributed by atoms with van der Waals surface area (Å²) in [4.78, 5) is 49.7. The van der Waals surface area contributed by atoms with E-state index in [4.69, 9.17) is 23.7 Å². The number of carbonyl (C=O) groups is 4. The highest BCUT2D eigenvalue weighted by atomic mass is 19.1. The molecule has 2 aliphatic heterocycles. The molecule has 13 nitrogen and oxygen atoms in total. The molecule has 2 saturated heterocycles. The fourth-order valence-electron chi connectivity index (χ4n) is 6.19. The summed E-state index contributed by atoms with van der Waals surface area (Å²) in [6.45, 7) is 2.18. The number of hydrogen-bond donors (Lipinski definition) is 3. The van der Waals surface area contributed by atoms with E-state index < -0.39 is 48.3 Å². The molecule has 0 aromatic heterocycles. The monoisotopic (exact) mass is 701 g/mol. The van der Waals surface area contributed by atoms with Crippen LogP contribution in [0.2, 0.25) is 0 Å². The van der Waals surface area contributed by atoms with Crippen molar-refractivity contribution in [3.05, 3.63) is 65.5 Å². The lowest BCUT2D eigenvalue weighted by atomic mass is 9.90. The number of nitrogens with one attached hydrogen (secondary N) is 3. The molecule has 2 aromatic carbocycles. The van der Waals surface area contributed by atoms with Crippen molar-refractivity contribution in [2.45, 2.75) is 94.9 Å². The highest BCUT2D eigenvalue weighted by Gasteiger charge is 2.47. The van der Waals surface area contributed by atoms with Gasteiger partial charge < -0.3 is 44.4 Å². The standard InChI is InChI=1S/C36H48FN3O10/c1-24(33(42)46-3)40-32(41)15-14-28-21-30(48-35(44)39-19-16-25-10-12-27(37)13-11-25)22-36(49-28)18-6-8-29(50-36)23-47-34(43)38-20-17-26-7-4-5-9-31(26)45-2/h4-5,7,9-13,24,28-30H,6,8,14-23H2,1-3H3,(H,38,43)(H,39,44)(H,40,41)/t24-,28?,29?,30?,36?/m0/s1. The van der Waals surface area contributed by atoms with E-state index in [1.54, 1.807) is 19.2 Å². The van der Waals surface area contributed by atoms with Crippen LogP contribution in [0.3, 0.4) is 0 Å². The SMILES string of the molecule is COC(=O)[C@H](C)NC(=O)CCC1CC(OC(=O)NCCc2ccc(F)cc2)CC2(CCCC(COC(=O)NCCc3ccccc3OC)O2)O1. The molecule has 3 amide bonds. The van der Waals surface area contributed by atoms with Crippen molar-refractivity contribution in [2.24, 2.45) is 0 Å². The van der Waals surface area contributed by atoms with E-state index in [9.17, 15) is 23.6 Å². The summed E-state index contributed by atoms with van der Waals surface area (Å²) in [5.74, 6) is -1.62. The molecule has 2 aliphatic rings. The van der Waals surface area contributed by atoms with Crippen LogP contribution in [0.25, 0.3) is 0 Å². The maximum absolute atomic E-state index is 13.2. The molecule has 50 heavy (non-hydrogen) atoms. The molecule has 1 spiro atoms. The second kappa shape index (κ2) is 19.1. The van der Waals surface area contributed by atoms with Crippen LogP contribution in [0.15, 0.2) is 48.5 Å². The first kappa shape index (κ1) is 38.4. The van der Waals surface area contributed by atoms with Gasteiger partial charge in [0.1, 0.15) is 30.3 Å². The molecular weight excluding hydrogens is 653 g/mol. The zero-order valence-corrected chi connectivity index (χ0v) is 28.9. The van der Waals surface area contributed by atoms with Gasteiger partial charge in [0.25, 0.3) is 0 Å². The number of rotatable bonds is 15. The Balaban J connectivity index is 1.31. The van der Waals surface area contributed by atoms with E-state index in [0.29, 0.717) is 45.1 Å². The Bertz CT molecular complexity index is 1430. The van der Waals surface area contributed by atoms with Crippen molar-refractivity contribution in [1.82, 2.24) is 16.0 Å². The molecule has 14 heteroatoms. The molecule has 3 N–H and O–H groups in total. The number of ether oxygens (including phenoxy) is 6. The van der Waals surface area contributed by atoms with Crippen LogP contribution in [-0.2, 0) is 46.1 Å². The van der Waals surface area contributed by atoms with Crippen LogP contribution < -0.4 is 20.7 Å². The lowest BCUT2D eigenvalue weighted by Crippen LogP contribution is -2.54. The molecular formula is C36H48FN3O10. The van der Waals surface area contributed by atoms with Gasteiger partial charge in [-0.3, -0.25) is 4.79 Å². The molecule has 5 atom stereocenters. The minimum atomic E-state index is -1.12. The Morgan fingerprint density at radius 2 is 1.68 bits per heavy atom. The molecule has 2 heterocycles. The Hall–Kier alpha value is -4.43. The number of benzene rings is 2.